The predicted octanol–water partition coefficient (Wildman–Crippen LogP) is 3.62. The molecule has 2 heterocycles. The zero-order valence-electron chi connectivity index (χ0n) is 12.7. The normalized spacial score (nSPS) is 10.7. The lowest BCUT2D eigenvalue weighted by molar-refractivity contribution is 0.102. The van der Waals surface area contributed by atoms with Gasteiger partial charge in [0.1, 0.15) is 12.1 Å². The van der Waals surface area contributed by atoms with Crippen LogP contribution >= 0.6 is 23.1 Å². The first kappa shape index (κ1) is 15.8. The highest BCUT2D eigenvalue weighted by Crippen LogP contribution is 2.24. The summed E-state index contributed by atoms with van der Waals surface area (Å²) in [5.41, 5.74) is 0.899. The molecule has 0 aliphatic carbocycles. The van der Waals surface area contributed by atoms with Crippen molar-refractivity contribution in [2.75, 3.05) is 12.9 Å². The number of Topliss-reactive ketones (excluding diaryl/α,β-unsaturated/α-hetero) is 1. The van der Waals surface area contributed by atoms with Gasteiger partial charge in [0.2, 0.25) is 0 Å². The number of rotatable bonds is 6. The molecule has 0 N–H and O–H groups in total. The highest BCUT2D eigenvalue weighted by molar-refractivity contribution is 7.99. The molecule has 0 aliphatic heterocycles. The van der Waals surface area contributed by atoms with Crippen molar-refractivity contribution < 1.29 is 9.53 Å². The third kappa shape index (κ3) is 3.62. The monoisotopic (exact) mass is 345 g/mol. The number of thiophene rings is 1. The van der Waals surface area contributed by atoms with Crippen molar-refractivity contribution in [2.45, 2.75) is 12.1 Å². The number of carbonyl (C=O) groups excluding carboxylic acids is 1. The molecule has 2 aromatic heterocycles. The van der Waals surface area contributed by atoms with Gasteiger partial charge in [-0.1, -0.05) is 17.8 Å². The van der Waals surface area contributed by atoms with Crippen LogP contribution in [0, 0.1) is 6.92 Å². The Bertz CT molecular complexity index is 826. The average molecular weight is 345 g/mol. The quantitative estimate of drug-likeness (QED) is 0.504. The highest BCUT2D eigenvalue weighted by atomic mass is 32.2. The fourth-order valence-corrected chi connectivity index (χ4v) is 3.75. The number of ether oxygens (including phenoxy) is 1. The van der Waals surface area contributed by atoms with Gasteiger partial charge in [-0.2, -0.15) is 0 Å². The fourth-order valence-electron chi connectivity index (χ4n) is 2.05. The number of aromatic nitrogens is 3. The van der Waals surface area contributed by atoms with Crippen LogP contribution in [0.3, 0.4) is 0 Å². The summed E-state index contributed by atoms with van der Waals surface area (Å²) in [6, 6.07) is 11.5. The molecule has 0 saturated heterocycles. The lowest BCUT2D eigenvalue weighted by atomic mass is 10.3. The molecule has 0 unspecified atom stereocenters. The summed E-state index contributed by atoms with van der Waals surface area (Å²) >= 11 is 2.90. The number of carbonyl (C=O) groups is 1. The molecule has 0 amide bonds. The number of ketones is 1. The van der Waals surface area contributed by atoms with Crippen molar-refractivity contribution in [3.8, 4) is 11.4 Å². The van der Waals surface area contributed by atoms with E-state index in [-0.39, 0.29) is 5.78 Å². The molecule has 0 spiro atoms. The molecule has 0 aliphatic rings. The summed E-state index contributed by atoms with van der Waals surface area (Å²) in [6.07, 6.45) is 1.64. The number of methoxy groups -OCH3 is 1. The van der Waals surface area contributed by atoms with Gasteiger partial charge in [-0.05, 0) is 31.2 Å². The van der Waals surface area contributed by atoms with E-state index in [1.165, 1.54) is 23.1 Å². The molecule has 7 heteroatoms. The summed E-state index contributed by atoms with van der Waals surface area (Å²) in [5, 5.41) is 8.74. The lowest BCUT2D eigenvalue weighted by Crippen LogP contribution is -2.02. The van der Waals surface area contributed by atoms with Gasteiger partial charge in [0.25, 0.3) is 0 Å². The number of aryl methyl sites for hydroxylation is 1. The summed E-state index contributed by atoms with van der Waals surface area (Å²) < 4.78 is 7.08. The third-order valence-electron chi connectivity index (χ3n) is 3.20. The molecular formula is C16H15N3O2S2. The van der Waals surface area contributed by atoms with Crippen LogP contribution in [0.2, 0.25) is 0 Å². The Morgan fingerprint density at radius 1 is 1.35 bits per heavy atom. The molecule has 23 heavy (non-hydrogen) atoms. The van der Waals surface area contributed by atoms with Crippen LogP contribution in [0.1, 0.15) is 14.5 Å². The molecule has 5 nitrogen and oxygen atoms in total. The summed E-state index contributed by atoms with van der Waals surface area (Å²) in [6.45, 7) is 1.99. The molecule has 3 rings (SSSR count). The predicted molar refractivity (Wildman–Crippen MR) is 92.0 cm³/mol. The Hall–Kier alpha value is -2.12. The maximum absolute atomic E-state index is 12.2. The molecule has 118 valence electrons. The maximum Gasteiger partial charge on any atom is 0.196 e. The van der Waals surface area contributed by atoms with Gasteiger partial charge in [-0.3, -0.25) is 9.36 Å². The minimum Gasteiger partial charge on any atom is -0.497 e. The van der Waals surface area contributed by atoms with Gasteiger partial charge in [0.05, 0.1) is 23.4 Å². The number of hydrogen-bond acceptors (Lipinski definition) is 6. The van der Waals surface area contributed by atoms with Crippen molar-refractivity contribution >= 4 is 28.9 Å². The van der Waals surface area contributed by atoms with E-state index in [0.717, 1.165) is 21.2 Å². The minimum absolute atomic E-state index is 0.105. The molecular weight excluding hydrogens is 330 g/mol. The maximum atomic E-state index is 12.2. The van der Waals surface area contributed by atoms with Crippen LogP contribution < -0.4 is 4.74 Å². The smallest absolute Gasteiger partial charge is 0.196 e. The van der Waals surface area contributed by atoms with Gasteiger partial charge in [-0.25, -0.2) is 0 Å². The van der Waals surface area contributed by atoms with Gasteiger partial charge >= 0.3 is 0 Å². The van der Waals surface area contributed by atoms with Crippen LogP contribution in [-0.4, -0.2) is 33.4 Å². The van der Waals surface area contributed by atoms with Gasteiger partial charge in [-0.15, -0.1) is 21.5 Å². The second kappa shape index (κ2) is 6.97. The number of benzene rings is 1. The Morgan fingerprint density at radius 2 is 2.22 bits per heavy atom. The Morgan fingerprint density at radius 3 is 2.96 bits per heavy atom. The number of nitrogens with zero attached hydrogens (tertiary/aromatic N) is 3. The molecule has 0 fully saturated rings. The first-order valence-corrected chi connectivity index (χ1v) is 8.74. The van der Waals surface area contributed by atoms with Crippen molar-refractivity contribution in [1.82, 2.24) is 14.8 Å². The molecule has 1 aromatic carbocycles. The van der Waals surface area contributed by atoms with E-state index < -0.39 is 0 Å². The van der Waals surface area contributed by atoms with Crippen molar-refractivity contribution in [3.63, 3.8) is 0 Å². The van der Waals surface area contributed by atoms with Crippen LogP contribution in [0.25, 0.3) is 5.69 Å². The molecule has 0 atom stereocenters. The van der Waals surface area contributed by atoms with E-state index in [4.69, 9.17) is 4.74 Å². The topological polar surface area (TPSA) is 57.0 Å². The first-order valence-electron chi connectivity index (χ1n) is 6.94. The zero-order valence-corrected chi connectivity index (χ0v) is 14.4. The second-order valence-electron chi connectivity index (χ2n) is 4.81. The SMILES string of the molecule is COc1cccc(-n2cnnc2SCC(=O)c2ccc(C)s2)c1. The molecule has 0 saturated carbocycles. The van der Waals surface area contributed by atoms with Crippen LogP contribution in [0.15, 0.2) is 47.9 Å². The average Bonchev–Trinajstić information content (AvgIpc) is 3.21. The number of thioether (sulfide) groups is 1. The third-order valence-corrected chi connectivity index (χ3v) is 5.18. The first-order chi connectivity index (χ1) is 11.2. The molecule has 0 bridgehead atoms. The van der Waals surface area contributed by atoms with E-state index in [2.05, 4.69) is 10.2 Å². The van der Waals surface area contributed by atoms with Crippen LogP contribution in [0.4, 0.5) is 0 Å². The van der Waals surface area contributed by atoms with Crippen molar-refractivity contribution in [3.05, 3.63) is 52.5 Å². The Kier molecular flexibility index (Phi) is 4.78. The standard InChI is InChI=1S/C16H15N3O2S2/c1-11-6-7-15(23-11)14(20)9-22-16-18-17-10-19(16)12-4-3-5-13(8-12)21-2/h3-8,10H,9H2,1-2H3. The fraction of sp³-hybridized carbons (Fsp3) is 0.188. The van der Waals surface area contributed by atoms with Gasteiger partial charge in [0.15, 0.2) is 10.9 Å². The van der Waals surface area contributed by atoms with Crippen LogP contribution in [-0.2, 0) is 0 Å². The molecule has 0 radical (unpaired) electrons. The van der Waals surface area contributed by atoms with E-state index in [1.54, 1.807) is 13.4 Å². The second-order valence-corrected chi connectivity index (χ2v) is 7.04. The van der Waals surface area contributed by atoms with E-state index in [9.17, 15) is 4.79 Å². The van der Waals surface area contributed by atoms with Gasteiger partial charge in [0, 0.05) is 10.9 Å². The van der Waals surface area contributed by atoms with Crippen LogP contribution in [0.5, 0.6) is 5.75 Å². The van der Waals surface area contributed by atoms with Gasteiger partial charge < -0.3 is 4.74 Å². The molecule has 3 aromatic rings. The van der Waals surface area contributed by atoms with E-state index >= 15 is 0 Å². The van der Waals surface area contributed by atoms with E-state index in [1.807, 2.05) is 47.9 Å². The minimum atomic E-state index is 0.105. The van der Waals surface area contributed by atoms with Crippen molar-refractivity contribution in [1.29, 1.82) is 0 Å². The summed E-state index contributed by atoms with van der Waals surface area (Å²) in [5.74, 6) is 1.20. The number of hydrogen-bond donors (Lipinski definition) is 0. The summed E-state index contributed by atoms with van der Waals surface area (Å²) in [4.78, 5) is 14.1. The van der Waals surface area contributed by atoms with Crippen molar-refractivity contribution in [2.24, 2.45) is 0 Å². The Labute approximate surface area is 142 Å². The largest absolute Gasteiger partial charge is 0.497 e. The summed E-state index contributed by atoms with van der Waals surface area (Å²) in [7, 11) is 1.63. The highest BCUT2D eigenvalue weighted by Gasteiger charge is 2.13. The lowest BCUT2D eigenvalue weighted by Gasteiger charge is -2.07. The Balaban J connectivity index is 1.75. The zero-order chi connectivity index (χ0) is 16.2. The van der Waals surface area contributed by atoms with E-state index in [0.29, 0.717) is 10.9 Å².